The molecular formula is C2H8B3N4. The zero-order valence-electron chi connectivity index (χ0n) is 5.63. The molecule has 1 aliphatic heterocycles. The number of nitrogens with zero attached hydrogens (tertiary/aromatic N) is 2. The predicted octanol–water partition coefficient (Wildman–Crippen LogP) is -2.44. The van der Waals surface area contributed by atoms with E-state index < -0.39 is 0 Å². The summed E-state index contributed by atoms with van der Waals surface area (Å²) >= 11 is 0. The molecule has 1 aliphatic rings. The third-order valence-corrected chi connectivity index (χ3v) is 1.04. The van der Waals surface area contributed by atoms with Gasteiger partial charge in [0.1, 0.15) is 0 Å². The van der Waals surface area contributed by atoms with Gasteiger partial charge in [0, 0.05) is 0 Å². The highest BCUT2D eigenvalue weighted by Gasteiger charge is 2.14. The Balaban J connectivity index is 2.23. The van der Waals surface area contributed by atoms with E-state index in [1.165, 1.54) is 0 Å². The molecule has 3 radical (unpaired) electrons. The van der Waals surface area contributed by atoms with Gasteiger partial charge in [-0.2, -0.15) is 0 Å². The fraction of sp³-hybridized carbons (Fsp3) is 1.00. The number of hydrogen-bond acceptors (Lipinski definition) is 4. The van der Waals surface area contributed by atoms with Crippen LogP contribution in [0.15, 0.2) is 0 Å². The number of hydrazine groups is 1. The van der Waals surface area contributed by atoms with Gasteiger partial charge >= 0.3 is 15.1 Å². The van der Waals surface area contributed by atoms with E-state index in [4.69, 9.17) is 0 Å². The second-order valence-corrected chi connectivity index (χ2v) is 1.96. The van der Waals surface area contributed by atoms with Crippen LogP contribution in [0.25, 0.3) is 0 Å². The van der Waals surface area contributed by atoms with E-state index in [9.17, 15) is 0 Å². The quantitative estimate of drug-likeness (QED) is 0.377. The van der Waals surface area contributed by atoms with Crippen LogP contribution in [0.2, 0.25) is 0 Å². The lowest BCUT2D eigenvalue weighted by Gasteiger charge is -2.30. The Hall–Kier alpha value is 0.0348. The molecule has 0 saturated carbocycles. The average Bonchev–Trinajstić information content (AvgIpc) is 1.90. The summed E-state index contributed by atoms with van der Waals surface area (Å²) in [6.07, 6.45) is 0. The molecular weight excluding hydrogens is 112 g/mol. The number of hydrogen-bond donors (Lipinski definition) is 2. The lowest BCUT2D eigenvalue weighted by Crippen LogP contribution is -2.61. The zero-order chi connectivity index (χ0) is 6.69. The number of rotatable bonds is 1. The molecule has 0 bridgehead atoms. The maximum absolute atomic E-state index is 2.91. The minimum Gasteiger partial charge on any atom is -0.378 e. The number of nitrogens with one attached hydrogen (secondary N) is 2. The van der Waals surface area contributed by atoms with Crippen LogP contribution in [0.5, 0.6) is 0 Å². The van der Waals surface area contributed by atoms with Crippen molar-refractivity contribution >= 4 is 22.6 Å². The molecule has 45 valence electrons. The lowest BCUT2D eigenvalue weighted by molar-refractivity contribution is 0.223. The average molecular weight is 121 g/mol. The Labute approximate surface area is 57.8 Å². The predicted molar refractivity (Wildman–Crippen MR) is 39.1 cm³/mol. The van der Waals surface area contributed by atoms with Gasteiger partial charge in [0.05, 0.1) is 0 Å². The standard InChI is InChI=1S/C2H8B3N4/c1-8(2)9-4-6-3-7-5-9/h6-7H,1-2H3. The topological polar surface area (TPSA) is 30.5 Å². The molecule has 1 saturated heterocycles. The van der Waals surface area contributed by atoms with E-state index >= 15 is 0 Å². The highest BCUT2D eigenvalue weighted by atomic mass is 15.6. The first-order valence-electron chi connectivity index (χ1n) is 2.77. The van der Waals surface area contributed by atoms with Gasteiger partial charge < -0.3 is 10.3 Å². The molecule has 9 heavy (non-hydrogen) atoms. The Bertz CT molecular complexity index is 81.9. The summed E-state index contributed by atoms with van der Waals surface area (Å²) in [6.45, 7) is 0. The van der Waals surface area contributed by atoms with Gasteiger partial charge in [0.25, 0.3) is 7.55 Å². The lowest BCUT2D eigenvalue weighted by atomic mass is 9.83. The van der Waals surface area contributed by atoms with Gasteiger partial charge in [0.15, 0.2) is 0 Å². The molecule has 2 N–H and O–H groups in total. The molecule has 1 heterocycles. The van der Waals surface area contributed by atoms with E-state index in [1.807, 2.05) is 39.0 Å². The van der Waals surface area contributed by atoms with E-state index in [2.05, 4.69) is 10.3 Å². The summed E-state index contributed by atoms with van der Waals surface area (Å²) < 4.78 is 0. The van der Waals surface area contributed by atoms with Crippen LogP contribution in [0.4, 0.5) is 0 Å². The summed E-state index contributed by atoms with van der Waals surface area (Å²) in [5, 5.41) is 7.75. The first kappa shape index (κ1) is 7.15. The van der Waals surface area contributed by atoms with E-state index in [0.29, 0.717) is 0 Å². The van der Waals surface area contributed by atoms with Gasteiger partial charge in [0.2, 0.25) is 0 Å². The molecule has 0 aromatic rings. The zero-order valence-corrected chi connectivity index (χ0v) is 5.63. The maximum atomic E-state index is 2.91. The highest BCUT2D eigenvalue weighted by Crippen LogP contribution is 1.82. The molecule has 4 nitrogen and oxygen atoms in total. The molecule has 0 aromatic carbocycles. The fourth-order valence-corrected chi connectivity index (χ4v) is 0.544. The highest BCUT2D eigenvalue weighted by molar-refractivity contribution is 6.65. The van der Waals surface area contributed by atoms with E-state index in [1.54, 1.807) is 7.55 Å². The van der Waals surface area contributed by atoms with E-state index in [0.717, 1.165) is 0 Å². The monoisotopic (exact) mass is 121 g/mol. The van der Waals surface area contributed by atoms with Crippen molar-refractivity contribution in [3.05, 3.63) is 0 Å². The van der Waals surface area contributed by atoms with Crippen molar-refractivity contribution in [2.75, 3.05) is 14.1 Å². The van der Waals surface area contributed by atoms with Gasteiger partial charge in [-0.05, 0) is 14.1 Å². The van der Waals surface area contributed by atoms with Crippen LogP contribution in [0.3, 0.4) is 0 Å². The Morgan fingerprint density at radius 2 is 1.78 bits per heavy atom. The summed E-state index contributed by atoms with van der Waals surface area (Å²) in [4.78, 5) is 1.89. The molecule has 0 unspecified atom stereocenters. The second kappa shape index (κ2) is 3.27. The van der Waals surface area contributed by atoms with Crippen molar-refractivity contribution in [1.82, 2.24) is 20.1 Å². The third-order valence-electron chi connectivity index (χ3n) is 1.04. The SMILES string of the molecule is CN(C)N1[B]N[B]N[B]1. The maximum Gasteiger partial charge on any atom is 0.302 e. The van der Waals surface area contributed by atoms with Crippen LogP contribution in [-0.2, 0) is 0 Å². The van der Waals surface area contributed by atoms with Crippen molar-refractivity contribution in [2.45, 2.75) is 0 Å². The minimum absolute atomic E-state index is 1.75. The first-order valence-corrected chi connectivity index (χ1v) is 2.77. The molecule has 1 rings (SSSR count). The fourth-order valence-electron chi connectivity index (χ4n) is 0.544. The molecule has 0 spiro atoms. The summed E-state index contributed by atoms with van der Waals surface area (Å²) in [5.41, 5.74) is 0. The van der Waals surface area contributed by atoms with Crippen LogP contribution < -0.4 is 10.3 Å². The molecule has 0 aromatic heterocycles. The van der Waals surface area contributed by atoms with Crippen molar-refractivity contribution in [1.29, 1.82) is 0 Å². The molecule has 0 atom stereocenters. The third kappa shape index (κ3) is 2.02. The van der Waals surface area contributed by atoms with Crippen LogP contribution >= 0.6 is 0 Å². The van der Waals surface area contributed by atoms with Crippen LogP contribution in [-0.4, -0.2) is 46.6 Å². The minimum atomic E-state index is 1.75. The summed E-state index contributed by atoms with van der Waals surface area (Å²) in [5.74, 6) is 0. The normalized spacial score (nSPS) is 20.3. The smallest absolute Gasteiger partial charge is 0.302 e. The molecule has 0 aliphatic carbocycles. The van der Waals surface area contributed by atoms with Crippen molar-refractivity contribution < 1.29 is 0 Å². The van der Waals surface area contributed by atoms with Gasteiger partial charge in [-0.15, -0.1) is 0 Å². The molecule has 1 fully saturated rings. The van der Waals surface area contributed by atoms with Crippen LogP contribution in [0, 0.1) is 0 Å². The van der Waals surface area contributed by atoms with E-state index in [-0.39, 0.29) is 0 Å². The van der Waals surface area contributed by atoms with Crippen molar-refractivity contribution in [2.24, 2.45) is 0 Å². The summed E-state index contributed by atoms with van der Waals surface area (Å²) in [6, 6.07) is 0. The Kier molecular flexibility index (Phi) is 2.59. The van der Waals surface area contributed by atoms with Crippen LogP contribution in [0.1, 0.15) is 0 Å². The van der Waals surface area contributed by atoms with Gasteiger partial charge in [-0.1, -0.05) is 0 Å². The second-order valence-electron chi connectivity index (χ2n) is 1.96. The van der Waals surface area contributed by atoms with Crippen molar-refractivity contribution in [3.8, 4) is 0 Å². The molecule has 7 heteroatoms. The first-order chi connectivity index (χ1) is 4.30. The Morgan fingerprint density at radius 1 is 1.22 bits per heavy atom. The van der Waals surface area contributed by atoms with Gasteiger partial charge in [-0.3, -0.25) is 9.84 Å². The Morgan fingerprint density at radius 3 is 2.11 bits per heavy atom. The molecule has 0 amide bonds. The van der Waals surface area contributed by atoms with Crippen molar-refractivity contribution in [3.63, 3.8) is 0 Å². The summed E-state index contributed by atoms with van der Waals surface area (Å²) in [7, 11) is 9.36. The van der Waals surface area contributed by atoms with Gasteiger partial charge in [-0.25, -0.2) is 0 Å². The largest absolute Gasteiger partial charge is 0.378 e.